The minimum Gasteiger partial charge on any atom is -0.496 e. The van der Waals surface area contributed by atoms with E-state index in [2.05, 4.69) is 5.32 Å². The molecule has 1 aromatic rings. The van der Waals surface area contributed by atoms with Crippen LogP contribution in [0.15, 0.2) is 18.2 Å². The molecule has 0 amide bonds. The fourth-order valence-corrected chi connectivity index (χ4v) is 3.32. The second-order valence-corrected chi connectivity index (χ2v) is 5.72. The summed E-state index contributed by atoms with van der Waals surface area (Å²) >= 11 is 0. The maximum absolute atomic E-state index is 11.0. The number of methoxy groups -OCH3 is 1. The molecule has 104 valence electrons. The van der Waals surface area contributed by atoms with E-state index in [1.165, 1.54) is 0 Å². The fourth-order valence-electron chi connectivity index (χ4n) is 3.32. The molecule has 3 rings (SSSR count). The first-order valence-electron chi connectivity index (χ1n) is 6.82. The number of morpholine rings is 1. The number of aryl methyl sites for hydroxylation is 1. The summed E-state index contributed by atoms with van der Waals surface area (Å²) in [4.78, 5) is 0. The van der Waals surface area contributed by atoms with E-state index in [0.717, 1.165) is 16.9 Å². The Morgan fingerprint density at radius 2 is 2.00 bits per heavy atom. The standard InChI is InChI=1S/C15H21NO3/c1-10-5-11(3-4-14(10)18-2)15(17)6-12-8-19-9-13(7-15)16-12/h3-5,12-13,16-17H,6-9H2,1-2H3. The van der Waals surface area contributed by atoms with Crippen LogP contribution in [0.2, 0.25) is 0 Å². The Kier molecular flexibility index (Phi) is 3.25. The quantitative estimate of drug-likeness (QED) is 0.845. The zero-order chi connectivity index (χ0) is 13.5. The van der Waals surface area contributed by atoms with Crippen molar-refractivity contribution in [3.63, 3.8) is 0 Å². The lowest BCUT2D eigenvalue weighted by Crippen LogP contribution is -2.58. The zero-order valence-electron chi connectivity index (χ0n) is 11.5. The van der Waals surface area contributed by atoms with Crippen LogP contribution in [0.5, 0.6) is 5.75 Å². The number of hydrogen-bond donors (Lipinski definition) is 2. The summed E-state index contributed by atoms with van der Waals surface area (Å²) in [5.74, 6) is 0.866. The number of hydrogen-bond acceptors (Lipinski definition) is 4. The molecule has 0 saturated carbocycles. The van der Waals surface area contributed by atoms with Gasteiger partial charge in [-0.15, -0.1) is 0 Å². The van der Waals surface area contributed by atoms with Crippen LogP contribution in [0.1, 0.15) is 24.0 Å². The highest BCUT2D eigenvalue weighted by atomic mass is 16.5. The van der Waals surface area contributed by atoms with Gasteiger partial charge < -0.3 is 19.9 Å². The van der Waals surface area contributed by atoms with Crippen molar-refractivity contribution in [3.8, 4) is 5.75 Å². The van der Waals surface area contributed by atoms with E-state index in [4.69, 9.17) is 9.47 Å². The Bertz CT molecular complexity index is 462. The molecule has 0 radical (unpaired) electrons. The van der Waals surface area contributed by atoms with Crippen LogP contribution in [0.4, 0.5) is 0 Å². The van der Waals surface area contributed by atoms with Gasteiger partial charge in [-0.1, -0.05) is 6.07 Å². The minimum atomic E-state index is -0.749. The number of benzene rings is 1. The highest BCUT2D eigenvalue weighted by molar-refractivity contribution is 5.39. The Balaban J connectivity index is 1.89. The molecule has 2 unspecified atom stereocenters. The van der Waals surface area contributed by atoms with Gasteiger partial charge in [-0.3, -0.25) is 0 Å². The molecule has 0 aliphatic carbocycles. The van der Waals surface area contributed by atoms with Crippen molar-refractivity contribution < 1.29 is 14.6 Å². The summed E-state index contributed by atoms with van der Waals surface area (Å²) in [6.07, 6.45) is 1.41. The minimum absolute atomic E-state index is 0.250. The van der Waals surface area contributed by atoms with E-state index in [9.17, 15) is 5.11 Å². The topological polar surface area (TPSA) is 50.7 Å². The Morgan fingerprint density at radius 3 is 2.58 bits per heavy atom. The second-order valence-electron chi connectivity index (χ2n) is 5.72. The zero-order valence-corrected chi connectivity index (χ0v) is 11.5. The predicted octanol–water partition coefficient (Wildman–Crippen LogP) is 1.34. The summed E-state index contributed by atoms with van der Waals surface area (Å²) in [6.45, 7) is 3.39. The summed E-state index contributed by atoms with van der Waals surface area (Å²) in [5, 5.41) is 14.5. The van der Waals surface area contributed by atoms with E-state index in [1.54, 1.807) is 7.11 Å². The van der Waals surface area contributed by atoms with Crippen LogP contribution in [0.3, 0.4) is 0 Å². The molecule has 0 spiro atoms. The van der Waals surface area contributed by atoms with Crippen LogP contribution in [0, 0.1) is 6.92 Å². The Morgan fingerprint density at radius 1 is 1.32 bits per heavy atom. The van der Waals surface area contributed by atoms with E-state index < -0.39 is 5.60 Å². The highest BCUT2D eigenvalue weighted by Crippen LogP contribution is 2.38. The molecular formula is C15H21NO3. The van der Waals surface area contributed by atoms with Crippen molar-refractivity contribution in [2.45, 2.75) is 37.5 Å². The summed E-state index contributed by atoms with van der Waals surface area (Å²) in [6, 6.07) is 6.46. The first kappa shape index (κ1) is 12.9. The van der Waals surface area contributed by atoms with Crippen molar-refractivity contribution in [1.82, 2.24) is 5.32 Å². The average molecular weight is 263 g/mol. The molecule has 2 saturated heterocycles. The van der Waals surface area contributed by atoms with Gasteiger partial charge in [-0.05, 0) is 43.0 Å². The third-order valence-corrected chi connectivity index (χ3v) is 4.21. The lowest BCUT2D eigenvalue weighted by Gasteiger charge is -2.45. The molecule has 2 bridgehead atoms. The van der Waals surface area contributed by atoms with Crippen molar-refractivity contribution in [1.29, 1.82) is 0 Å². The van der Waals surface area contributed by atoms with Crippen LogP contribution in [-0.4, -0.2) is 37.5 Å². The Labute approximate surface area is 113 Å². The monoisotopic (exact) mass is 263 g/mol. The van der Waals surface area contributed by atoms with Gasteiger partial charge in [0, 0.05) is 12.1 Å². The number of rotatable bonds is 2. The molecule has 2 heterocycles. The molecule has 4 heteroatoms. The van der Waals surface area contributed by atoms with Crippen molar-refractivity contribution >= 4 is 0 Å². The molecule has 19 heavy (non-hydrogen) atoms. The highest BCUT2D eigenvalue weighted by Gasteiger charge is 2.42. The first-order chi connectivity index (χ1) is 9.10. The van der Waals surface area contributed by atoms with Crippen molar-refractivity contribution in [3.05, 3.63) is 29.3 Å². The average Bonchev–Trinajstić information content (AvgIpc) is 2.38. The molecule has 1 aromatic carbocycles. The van der Waals surface area contributed by atoms with E-state index in [0.29, 0.717) is 26.1 Å². The van der Waals surface area contributed by atoms with Crippen molar-refractivity contribution in [2.24, 2.45) is 0 Å². The molecule has 2 aliphatic heterocycles. The molecule has 2 atom stereocenters. The molecule has 2 fully saturated rings. The number of piperidine rings is 1. The summed E-state index contributed by atoms with van der Waals surface area (Å²) in [7, 11) is 1.67. The smallest absolute Gasteiger partial charge is 0.121 e. The number of nitrogens with one attached hydrogen (secondary N) is 1. The SMILES string of the molecule is COc1ccc(C2(O)CC3COCC(C2)N3)cc1C. The molecule has 2 aliphatic rings. The molecule has 0 aromatic heterocycles. The van der Waals surface area contributed by atoms with Crippen LogP contribution in [-0.2, 0) is 10.3 Å². The largest absolute Gasteiger partial charge is 0.496 e. The molecule has 4 nitrogen and oxygen atoms in total. The maximum Gasteiger partial charge on any atom is 0.121 e. The third-order valence-electron chi connectivity index (χ3n) is 4.21. The van der Waals surface area contributed by atoms with Gasteiger partial charge in [0.15, 0.2) is 0 Å². The van der Waals surface area contributed by atoms with Gasteiger partial charge in [-0.25, -0.2) is 0 Å². The lowest BCUT2D eigenvalue weighted by atomic mass is 9.78. The first-order valence-corrected chi connectivity index (χ1v) is 6.82. The van der Waals surface area contributed by atoms with Gasteiger partial charge in [0.05, 0.1) is 25.9 Å². The number of fused-ring (bicyclic) bond motifs is 2. The van der Waals surface area contributed by atoms with Crippen LogP contribution < -0.4 is 10.1 Å². The predicted molar refractivity (Wildman–Crippen MR) is 72.4 cm³/mol. The van der Waals surface area contributed by atoms with Crippen LogP contribution in [0.25, 0.3) is 0 Å². The second kappa shape index (κ2) is 4.78. The van der Waals surface area contributed by atoms with Gasteiger partial charge in [0.2, 0.25) is 0 Å². The molecular weight excluding hydrogens is 242 g/mol. The van der Waals surface area contributed by atoms with Crippen LogP contribution >= 0.6 is 0 Å². The van der Waals surface area contributed by atoms with E-state index >= 15 is 0 Å². The van der Waals surface area contributed by atoms with E-state index in [-0.39, 0.29) is 12.1 Å². The maximum atomic E-state index is 11.0. The Hall–Kier alpha value is -1.10. The van der Waals surface area contributed by atoms with Gasteiger partial charge in [0.1, 0.15) is 5.75 Å². The van der Waals surface area contributed by atoms with E-state index in [1.807, 2.05) is 25.1 Å². The molecule has 2 N–H and O–H groups in total. The normalized spacial score (nSPS) is 34.1. The third kappa shape index (κ3) is 2.36. The summed E-state index contributed by atoms with van der Waals surface area (Å²) < 4.78 is 10.8. The van der Waals surface area contributed by atoms with Gasteiger partial charge >= 0.3 is 0 Å². The summed E-state index contributed by atoms with van der Waals surface area (Å²) in [5.41, 5.74) is 1.30. The van der Waals surface area contributed by atoms with Gasteiger partial charge in [0.25, 0.3) is 0 Å². The lowest BCUT2D eigenvalue weighted by molar-refractivity contribution is -0.0802. The fraction of sp³-hybridized carbons (Fsp3) is 0.600. The van der Waals surface area contributed by atoms with Crippen molar-refractivity contribution in [2.75, 3.05) is 20.3 Å². The van der Waals surface area contributed by atoms with Gasteiger partial charge in [-0.2, -0.15) is 0 Å². The number of ether oxygens (including phenoxy) is 2. The number of aliphatic hydroxyl groups is 1.